The van der Waals surface area contributed by atoms with Crippen LogP contribution in [0.2, 0.25) is 0 Å². The molecule has 0 aliphatic heterocycles. The molecule has 0 amide bonds. The highest BCUT2D eigenvalue weighted by Crippen LogP contribution is 2.31. The molecule has 2 rings (SSSR count). The largest absolute Gasteiger partial charge is 0.478 e. The molecule has 0 spiro atoms. The first-order valence-electron chi connectivity index (χ1n) is 9.96. The number of aryl methyl sites for hydroxylation is 3. The average Bonchev–Trinajstić information content (AvgIpc) is 2.68. The van der Waals surface area contributed by atoms with Gasteiger partial charge in [-0.05, 0) is 88.1 Å². The topological polar surface area (TPSA) is 55.8 Å². The highest BCUT2D eigenvalue weighted by molar-refractivity contribution is 7.98. The van der Waals surface area contributed by atoms with Crippen LogP contribution in [0, 0.1) is 13.8 Å². The Morgan fingerprint density at radius 1 is 1.14 bits per heavy atom. The number of carboxylic acid groups (broad SMARTS) is 1. The van der Waals surface area contributed by atoms with E-state index in [0.717, 1.165) is 24.0 Å². The molecular formula is C24H32O4S. The summed E-state index contributed by atoms with van der Waals surface area (Å²) in [6, 6.07) is 12.7. The Kier molecular flexibility index (Phi) is 8.17. The molecule has 0 radical (unpaired) electrons. The van der Waals surface area contributed by atoms with Gasteiger partial charge in [-0.3, -0.25) is 0 Å². The summed E-state index contributed by atoms with van der Waals surface area (Å²) >= 11 is 1.73. The van der Waals surface area contributed by atoms with Crippen molar-refractivity contribution in [2.24, 2.45) is 0 Å². The maximum absolute atomic E-state index is 11.4. The van der Waals surface area contributed by atoms with Crippen LogP contribution in [0.3, 0.4) is 0 Å². The Labute approximate surface area is 178 Å². The monoisotopic (exact) mass is 416 g/mol. The Hall–Kier alpha value is -1.98. The van der Waals surface area contributed by atoms with Crippen molar-refractivity contribution < 1.29 is 19.4 Å². The van der Waals surface area contributed by atoms with E-state index in [1.54, 1.807) is 25.6 Å². The van der Waals surface area contributed by atoms with Crippen molar-refractivity contribution in [3.63, 3.8) is 0 Å². The second kappa shape index (κ2) is 10.2. The van der Waals surface area contributed by atoms with Gasteiger partial charge in [0, 0.05) is 11.5 Å². The van der Waals surface area contributed by atoms with E-state index in [9.17, 15) is 9.90 Å². The first-order chi connectivity index (χ1) is 13.7. The van der Waals surface area contributed by atoms with Crippen LogP contribution in [0.4, 0.5) is 0 Å². The lowest BCUT2D eigenvalue weighted by atomic mass is 9.98. The van der Waals surface area contributed by atoms with Crippen molar-refractivity contribution in [3.05, 3.63) is 58.7 Å². The van der Waals surface area contributed by atoms with E-state index in [4.69, 9.17) is 9.47 Å². The van der Waals surface area contributed by atoms with Gasteiger partial charge in [0.25, 0.3) is 0 Å². The minimum atomic E-state index is -1.26. The second-order valence-electron chi connectivity index (χ2n) is 7.73. The number of benzene rings is 2. The number of thioether (sulfide) groups is 1. The van der Waals surface area contributed by atoms with Gasteiger partial charge in [0.2, 0.25) is 0 Å². The SMILES string of the molecule is CCOC(CCc1cc(C)c(OC(C)(C)C(=O)O)c(C)c1)c1ccc(SC)cc1. The zero-order chi connectivity index (χ0) is 21.6. The maximum Gasteiger partial charge on any atom is 0.347 e. The van der Waals surface area contributed by atoms with E-state index in [1.165, 1.54) is 16.0 Å². The van der Waals surface area contributed by atoms with Crippen LogP contribution in [0.1, 0.15) is 55.5 Å². The van der Waals surface area contributed by atoms with Gasteiger partial charge in [-0.1, -0.05) is 24.3 Å². The molecule has 158 valence electrons. The molecule has 29 heavy (non-hydrogen) atoms. The first kappa shape index (κ1) is 23.3. The van der Waals surface area contributed by atoms with Crippen molar-refractivity contribution in [3.8, 4) is 5.75 Å². The van der Waals surface area contributed by atoms with Crippen molar-refractivity contribution in [2.75, 3.05) is 12.9 Å². The smallest absolute Gasteiger partial charge is 0.347 e. The summed E-state index contributed by atoms with van der Waals surface area (Å²) in [5, 5.41) is 9.34. The van der Waals surface area contributed by atoms with Gasteiger partial charge < -0.3 is 14.6 Å². The molecule has 0 saturated carbocycles. The van der Waals surface area contributed by atoms with Crippen molar-refractivity contribution >= 4 is 17.7 Å². The van der Waals surface area contributed by atoms with Crippen LogP contribution in [0.25, 0.3) is 0 Å². The minimum absolute atomic E-state index is 0.0541. The maximum atomic E-state index is 11.4. The third-order valence-electron chi connectivity index (χ3n) is 4.94. The number of carboxylic acids is 1. The lowest BCUT2D eigenvalue weighted by Crippen LogP contribution is -2.38. The summed E-state index contributed by atoms with van der Waals surface area (Å²) in [7, 11) is 0. The third kappa shape index (κ3) is 6.25. The normalized spacial score (nSPS) is 12.6. The fraction of sp³-hybridized carbons (Fsp3) is 0.458. The second-order valence-corrected chi connectivity index (χ2v) is 8.61. The molecule has 2 aromatic rings. The van der Waals surface area contributed by atoms with Gasteiger partial charge in [-0.15, -0.1) is 11.8 Å². The highest BCUT2D eigenvalue weighted by atomic mass is 32.2. The molecule has 1 unspecified atom stereocenters. The molecule has 0 aliphatic rings. The van der Waals surface area contributed by atoms with Crippen molar-refractivity contribution in [1.82, 2.24) is 0 Å². The number of hydrogen-bond donors (Lipinski definition) is 1. The van der Waals surface area contributed by atoms with Crippen LogP contribution in [-0.4, -0.2) is 29.5 Å². The molecule has 2 aromatic carbocycles. The van der Waals surface area contributed by atoms with Crippen LogP contribution >= 0.6 is 11.8 Å². The summed E-state index contributed by atoms with van der Waals surface area (Å²) in [4.78, 5) is 12.6. The molecule has 0 saturated heterocycles. The zero-order valence-electron chi connectivity index (χ0n) is 18.2. The Morgan fingerprint density at radius 2 is 1.72 bits per heavy atom. The number of hydrogen-bond acceptors (Lipinski definition) is 4. The number of aliphatic carboxylic acids is 1. The van der Waals surface area contributed by atoms with E-state index in [-0.39, 0.29) is 6.10 Å². The molecule has 0 aromatic heterocycles. The molecule has 0 bridgehead atoms. The average molecular weight is 417 g/mol. The molecule has 0 heterocycles. The van der Waals surface area contributed by atoms with E-state index in [2.05, 4.69) is 42.7 Å². The molecule has 5 heteroatoms. The predicted octanol–water partition coefficient (Wildman–Crippen LogP) is 5.98. The summed E-state index contributed by atoms with van der Waals surface area (Å²) in [5.74, 6) is -0.331. The standard InChI is InChI=1S/C24H32O4S/c1-7-27-21(19-9-11-20(29-6)12-10-19)13-8-18-14-16(2)22(17(3)15-18)28-24(4,5)23(25)26/h9-12,14-15,21H,7-8,13H2,1-6H3,(H,25,26). The Morgan fingerprint density at radius 3 is 2.21 bits per heavy atom. The van der Waals surface area contributed by atoms with E-state index in [1.807, 2.05) is 20.8 Å². The molecule has 0 fully saturated rings. The van der Waals surface area contributed by atoms with Crippen molar-refractivity contribution in [1.29, 1.82) is 0 Å². The van der Waals surface area contributed by atoms with Crippen LogP contribution in [0.5, 0.6) is 5.75 Å². The van der Waals surface area contributed by atoms with Gasteiger partial charge in [0.05, 0.1) is 6.10 Å². The van der Waals surface area contributed by atoms with E-state index < -0.39 is 11.6 Å². The summed E-state index contributed by atoms with van der Waals surface area (Å²) in [6.07, 6.45) is 3.88. The Bertz CT molecular complexity index is 804. The van der Waals surface area contributed by atoms with Gasteiger partial charge >= 0.3 is 5.97 Å². The number of carbonyl (C=O) groups is 1. The summed E-state index contributed by atoms with van der Waals surface area (Å²) < 4.78 is 11.8. The van der Waals surface area contributed by atoms with E-state index >= 15 is 0 Å². The number of ether oxygens (including phenoxy) is 2. The predicted molar refractivity (Wildman–Crippen MR) is 119 cm³/mol. The van der Waals surface area contributed by atoms with E-state index in [0.29, 0.717) is 12.4 Å². The fourth-order valence-electron chi connectivity index (χ4n) is 3.31. The molecular weight excluding hydrogens is 384 g/mol. The molecule has 4 nitrogen and oxygen atoms in total. The Balaban J connectivity index is 2.14. The van der Waals surface area contributed by atoms with Crippen LogP contribution < -0.4 is 4.74 Å². The molecule has 0 aliphatic carbocycles. The van der Waals surface area contributed by atoms with Crippen molar-refractivity contribution in [2.45, 2.75) is 64.1 Å². The van der Waals surface area contributed by atoms with Crippen LogP contribution in [-0.2, 0) is 16.0 Å². The molecule has 1 atom stereocenters. The lowest BCUT2D eigenvalue weighted by Gasteiger charge is -2.25. The quantitative estimate of drug-likeness (QED) is 0.483. The molecule has 1 N–H and O–H groups in total. The fourth-order valence-corrected chi connectivity index (χ4v) is 3.72. The first-order valence-corrected chi connectivity index (χ1v) is 11.2. The highest BCUT2D eigenvalue weighted by Gasteiger charge is 2.30. The number of rotatable bonds is 10. The lowest BCUT2D eigenvalue weighted by molar-refractivity contribution is -0.152. The van der Waals surface area contributed by atoms with Crippen LogP contribution in [0.15, 0.2) is 41.3 Å². The van der Waals surface area contributed by atoms with Gasteiger partial charge in [-0.25, -0.2) is 4.79 Å². The third-order valence-corrected chi connectivity index (χ3v) is 5.69. The van der Waals surface area contributed by atoms with Gasteiger partial charge in [0.1, 0.15) is 5.75 Å². The summed E-state index contributed by atoms with van der Waals surface area (Å²) in [5.41, 5.74) is 3.03. The zero-order valence-corrected chi connectivity index (χ0v) is 19.1. The summed E-state index contributed by atoms with van der Waals surface area (Å²) in [6.45, 7) is 9.75. The minimum Gasteiger partial charge on any atom is -0.478 e. The van der Waals surface area contributed by atoms with Gasteiger partial charge in [0.15, 0.2) is 5.60 Å². The van der Waals surface area contributed by atoms with Gasteiger partial charge in [-0.2, -0.15) is 0 Å².